The highest BCUT2D eigenvalue weighted by Gasteiger charge is 2.48. The maximum absolute atomic E-state index is 12.2. The lowest BCUT2D eigenvalue weighted by molar-refractivity contribution is -0.125. The summed E-state index contributed by atoms with van der Waals surface area (Å²) in [5.41, 5.74) is 0.698. The van der Waals surface area contributed by atoms with Crippen molar-refractivity contribution in [1.29, 1.82) is 0 Å². The van der Waals surface area contributed by atoms with E-state index in [-0.39, 0.29) is 30.3 Å². The Labute approximate surface area is 134 Å². The Balaban J connectivity index is 1.98. The highest BCUT2D eigenvalue weighted by Crippen LogP contribution is 2.39. The minimum Gasteiger partial charge on any atom is -0.462 e. The molecule has 0 radical (unpaired) electrons. The topological polar surface area (TPSA) is 84.5 Å². The Morgan fingerprint density at radius 3 is 2.65 bits per heavy atom. The predicted octanol–water partition coefficient (Wildman–Crippen LogP) is 1.74. The van der Waals surface area contributed by atoms with Crippen LogP contribution in [0, 0.1) is 11.8 Å². The third-order valence-corrected chi connectivity index (χ3v) is 3.56. The summed E-state index contributed by atoms with van der Waals surface area (Å²) in [4.78, 5) is 35.9. The van der Waals surface area contributed by atoms with E-state index in [0.717, 1.165) is 0 Å². The van der Waals surface area contributed by atoms with Crippen molar-refractivity contribution in [2.45, 2.75) is 13.3 Å². The number of nitrogens with one attached hydrogen (secondary N) is 2. The van der Waals surface area contributed by atoms with Gasteiger partial charge >= 0.3 is 5.97 Å². The fourth-order valence-electron chi connectivity index (χ4n) is 2.28. The standard InChI is InChI=1S/C17H20N2O4/c1-3-9-18-15(20)12-10-13(12)16(21)19-14-8-6-5-7-11(14)17(22)23-4-2/h3,5-8,12-13H,1,4,9-10H2,2H3,(H,18,20)(H,19,21). The Bertz CT molecular complexity index is 627. The second-order valence-corrected chi connectivity index (χ2v) is 5.24. The normalized spacial score (nSPS) is 18.7. The average molecular weight is 316 g/mol. The Hall–Kier alpha value is -2.63. The minimum atomic E-state index is -0.487. The zero-order valence-corrected chi connectivity index (χ0v) is 13.0. The molecule has 1 saturated carbocycles. The molecule has 0 spiro atoms. The van der Waals surface area contributed by atoms with Crippen LogP contribution in [0.3, 0.4) is 0 Å². The molecule has 2 amide bonds. The van der Waals surface area contributed by atoms with E-state index in [1.54, 1.807) is 37.3 Å². The summed E-state index contributed by atoms with van der Waals surface area (Å²) in [6.07, 6.45) is 2.10. The van der Waals surface area contributed by atoms with Crippen LogP contribution in [0.15, 0.2) is 36.9 Å². The number of ether oxygens (including phenoxy) is 1. The number of benzene rings is 1. The Morgan fingerprint density at radius 2 is 1.96 bits per heavy atom. The first kappa shape index (κ1) is 16.7. The molecule has 1 aliphatic carbocycles. The van der Waals surface area contributed by atoms with Crippen LogP contribution >= 0.6 is 0 Å². The molecule has 0 heterocycles. The maximum atomic E-state index is 12.2. The van der Waals surface area contributed by atoms with Gasteiger partial charge in [-0.05, 0) is 25.5 Å². The molecule has 6 heteroatoms. The van der Waals surface area contributed by atoms with Crippen molar-refractivity contribution in [2.75, 3.05) is 18.5 Å². The van der Waals surface area contributed by atoms with Gasteiger partial charge in [0, 0.05) is 6.54 Å². The van der Waals surface area contributed by atoms with Gasteiger partial charge in [-0.25, -0.2) is 4.79 Å². The molecule has 0 bridgehead atoms. The molecule has 2 atom stereocenters. The monoisotopic (exact) mass is 316 g/mol. The lowest BCUT2D eigenvalue weighted by Gasteiger charge is -2.10. The van der Waals surface area contributed by atoms with Crippen molar-refractivity contribution in [3.05, 3.63) is 42.5 Å². The second kappa shape index (κ2) is 7.58. The summed E-state index contributed by atoms with van der Waals surface area (Å²) in [5.74, 6) is -1.58. The molecule has 0 aliphatic heterocycles. The summed E-state index contributed by atoms with van der Waals surface area (Å²) in [6, 6.07) is 6.65. The fourth-order valence-corrected chi connectivity index (χ4v) is 2.28. The molecule has 0 aromatic heterocycles. The van der Waals surface area contributed by atoms with Gasteiger partial charge in [-0.2, -0.15) is 0 Å². The molecule has 1 aromatic rings. The lowest BCUT2D eigenvalue weighted by Crippen LogP contribution is -2.27. The highest BCUT2D eigenvalue weighted by atomic mass is 16.5. The van der Waals surface area contributed by atoms with Crippen LogP contribution in [0.4, 0.5) is 5.69 Å². The lowest BCUT2D eigenvalue weighted by atomic mass is 10.1. The van der Waals surface area contributed by atoms with E-state index in [1.807, 2.05) is 0 Å². The van der Waals surface area contributed by atoms with E-state index in [9.17, 15) is 14.4 Å². The molecule has 2 unspecified atom stereocenters. The van der Waals surface area contributed by atoms with Gasteiger partial charge in [0.05, 0.1) is 29.7 Å². The number of para-hydroxylation sites is 1. The molecule has 1 fully saturated rings. The zero-order chi connectivity index (χ0) is 16.8. The van der Waals surface area contributed by atoms with Crippen molar-refractivity contribution in [3.63, 3.8) is 0 Å². The van der Waals surface area contributed by atoms with Crippen LogP contribution in [-0.2, 0) is 14.3 Å². The van der Waals surface area contributed by atoms with E-state index >= 15 is 0 Å². The SMILES string of the molecule is C=CCNC(=O)C1CC1C(=O)Nc1ccccc1C(=O)OCC. The smallest absolute Gasteiger partial charge is 0.340 e. The average Bonchev–Trinajstić information content (AvgIpc) is 3.34. The van der Waals surface area contributed by atoms with Crippen LogP contribution in [0.5, 0.6) is 0 Å². The summed E-state index contributed by atoms with van der Waals surface area (Å²) in [7, 11) is 0. The number of esters is 1. The molecule has 6 nitrogen and oxygen atoms in total. The van der Waals surface area contributed by atoms with Crippen LogP contribution in [-0.4, -0.2) is 30.9 Å². The number of hydrogen-bond acceptors (Lipinski definition) is 4. The third-order valence-electron chi connectivity index (χ3n) is 3.56. The van der Waals surface area contributed by atoms with Gasteiger partial charge in [0.2, 0.25) is 11.8 Å². The summed E-state index contributed by atoms with van der Waals surface area (Å²) < 4.78 is 4.97. The van der Waals surface area contributed by atoms with Gasteiger partial charge in [-0.15, -0.1) is 6.58 Å². The van der Waals surface area contributed by atoms with Crippen LogP contribution in [0.2, 0.25) is 0 Å². The Kier molecular flexibility index (Phi) is 5.51. The molecule has 23 heavy (non-hydrogen) atoms. The number of carbonyl (C=O) groups is 3. The van der Waals surface area contributed by atoms with E-state index in [2.05, 4.69) is 17.2 Å². The first-order chi connectivity index (χ1) is 11.1. The summed E-state index contributed by atoms with van der Waals surface area (Å²) in [5, 5.41) is 5.39. The molecular weight excluding hydrogens is 296 g/mol. The van der Waals surface area contributed by atoms with Crippen molar-refractivity contribution in [2.24, 2.45) is 11.8 Å². The van der Waals surface area contributed by atoms with E-state index in [1.165, 1.54) is 0 Å². The van der Waals surface area contributed by atoms with E-state index in [0.29, 0.717) is 24.2 Å². The highest BCUT2D eigenvalue weighted by molar-refractivity contribution is 6.04. The van der Waals surface area contributed by atoms with Crippen molar-refractivity contribution < 1.29 is 19.1 Å². The number of hydrogen-bond donors (Lipinski definition) is 2. The van der Waals surface area contributed by atoms with Crippen LogP contribution in [0.1, 0.15) is 23.7 Å². The minimum absolute atomic E-state index is 0.149. The zero-order valence-electron chi connectivity index (χ0n) is 13.0. The van der Waals surface area contributed by atoms with E-state index < -0.39 is 5.97 Å². The van der Waals surface area contributed by atoms with Crippen molar-refractivity contribution in [3.8, 4) is 0 Å². The molecular formula is C17H20N2O4. The molecule has 122 valence electrons. The second-order valence-electron chi connectivity index (χ2n) is 5.24. The molecule has 1 aromatic carbocycles. The van der Waals surface area contributed by atoms with E-state index in [4.69, 9.17) is 4.74 Å². The van der Waals surface area contributed by atoms with Gasteiger partial charge in [0.15, 0.2) is 0 Å². The fraction of sp³-hybridized carbons (Fsp3) is 0.353. The van der Waals surface area contributed by atoms with Gasteiger partial charge in [-0.1, -0.05) is 18.2 Å². The first-order valence-electron chi connectivity index (χ1n) is 7.54. The van der Waals surface area contributed by atoms with Gasteiger partial charge in [-0.3, -0.25) is 9.59 Å². The molecule has 0 saturated heterocycles. The van der Waals surface area contributed by atoms with Gasteiger partial charge < -0.3 is 15.4 Å². The predicted molar refractivity (Wildman–Crippen MR) is 85.8 cm³/mol. The molecule has 2 rings (SSSR count). The Morgan fingerprint density at radius 1 is 1.26 bits per heavy atom. The number of rotatable bonds is 7. The number of amides is 2. The van der Waals surface area contributed by atoms with Crippen LogP contribution < -0.4 is 10.6 Å². The third kappa shape index (κ3) is 4.18. The van der Waals surface area contributed by atoms with Gasteiger partial charge in [0.1, 0.15) is 0 Å². The summed E-state index contributed by atoms with van der Waals surface area (Å²) >= 11 is 0. The maximum Gasteiger partial charge on any atom is 0.340 e. The summed E-state index contributed by atoms with van der Waals surface area (Å²) in [6.45, 7) is 5.89. The molecule has 2 N–H and O–H groups in total. The first-order valence-corrected chi connectivity index (χ1v) is 7.54. The van der Waals surface area contributed by atoms with Crippen LogP contribution in [0.25, 0.3) is 0 Å². The number of anilines is 1. The number of carbonyl (C=O) groups excluding carboxylic acids is 3. The van der Waals surface area contributed by atoms with Crippen molar-refractivity contribution >= 4 is 23.5 Å². The largest absolute Gasteiger partial charge is 0.462 e. The van der Waals surface area contributed by atoms with Crippen molar-refractivity contribution in [1.82, 2.24) is 5.32 Å². The molecule has 1 aliphatic rings. The van der Waals surface area contributed by atoms with Gasteiger partial charge in [0.25, 0.3) is 0 Å². The quantitative estimate of drug-likeness (QED) is 0.593.